The molecule has 3 aromatic carbocycles. The Kier molecular flexibility index (Phi) is 7.31. The summed E-state index contributed by atoms with van der Waals surface area (Å²) in [6.07, 6.45) is 0.670. The second-order valence-electron chi connectivity index (χ2n) is 8.22. The van der Waals surface area contributed by atoms with Gasteiger partial charge in [-0.05, 0) is 67.8 Å². The van der Waals surface area contributed by atoms with Gasteiger partial charge in [0.25, 0.3) is 15.9 Å². The monoisotopic (exact) mass is 494 g/mol. The number of hydrogen-bond donors (Lipinski definition) is 0. The van der Waals surface area contributed by atoms with E-state index in [1.165, 1.54) is 10.4 Å². The van der Waals surface area contributed by atoms with Crippen molar-refractivity contribution in [1.82, 2.24) is 4.90 Å². The van der Waals surface area contributed by atoms with E-state index < -0.39 is 10.0 Å². The smallest absolute Gasteiger partial charge is 0.264 e. The van der Waals surface area contributed by atoms with E-state index in [4.69, 9.17) is 9.47 Å². The summed E-state index contributed by atoms with van der Waals surface area (Å²) in [5.74, 6) is 1.01. The van der Waals surface area contributed by atoms with Crippen LogP contribution in [0.25, 0.3) is 0 Å². The number of ether oxygens (including phenoxy) is 2. The van der Waals surface area contributed by atoms with Crippen LogP contribution in [0.4, 0.5) is 5.69 Å². The second-order valence-corrected chi connectivity index (χ2v) is 10.1. The lowest BCUT2D eigenvalue weighted by Gasteiger charge is -2.23. The summed E-state index contributed by atoms with van der Waals surface area (Å²) in [4.78, 5) is 15.1. The van der Waals surface area contributed by atoms with Crippen LogP contribution in [0.5, 0.6) is 11.5 Å². The van der Waals surface area contributed by atoms with Gasteiger partial charge in [-0.3, -0.25) is 9.10 Å². The van der Waals surface area contributed by atoms with Crippen LogP contribution in [0.2, 0.25) is 0 Å². The third-order valence-electron chi connectivity index (χ3n) is 6.08. The summed E-state index contributed by atoms with van der Waals surface area (Å²) in [6.45, 7) is 5.53. The average molecular weight is 495 g/mol. The van der Waals surface area contributed by atoms with Gasteiger partial charge in [0.1, 0.15) is 0 Å². The van der Waals surface area contributed by atoms with Crippen molar-refractivity contribution in [1.29, 1.82) is 0 Å². The molecule has 0 saturated carbocycles. The molecular formula is C27H30N2O5S. The van der Waals surface area contributed by atoms with Crippen molar-refractivity contribution in [3.63, 3.8) is 0 Å². The summed E-state index contributed by atoms with van der Waals surface area (Å²) in [6, 6.07) is 19.4. The van der Waals surface area contributed by atoms with Gasteiger partial charge in [0.2, 0.25) is 0 Å². The van der Waals surface area contributed by atoms with Crippen molar-refractivity contribution in [2.75, 3.05) is 31.1 Å². The molecule has 1 aliphatic rings. The van der Waals surface area contributed by atoms with Crippen LogP contribution in [0.15, 0.2) is 71.6 Å². The minimum atomic E-state index is -3.79. The summed E-state index contributed by atoms with van der Waals surface area (Å²) < 4.78 is 39.3. The molecular weight excluding hydrogens is 464 g/mol. The number of nitrogens with zero attached hydrogens (tertiary/aromatic N) is 2. The van der Waals surface area contributed by atoms with Crippen LogP contribution in [0.1, 0.15) is 35.3 Å². The van der Waals surface area contributed by atoms with Gasteiger partial charge in [-0.15, -0.1) is 0 Å². The van der Waals surface area contributed by atoms with E-state index >= 15 is 0 Å². The first-order valence-electron chi connectivity index (χ1n) is 11.7. The Hall–Kier alpha value is -3.52. The van der Waals surface area contributed by atoms with Gasteiger partial charge in [-0.25, -0.2) is 8.42 Å². The molecule has 0 saturated heterocycles. The summed E-state index contributed by atoms with van der Waals surface area (Å²) in [7, 11) is -2.21. The highest BCUT2D eigenvalue weighted by Gasteiger charge is 2.31. The van der Waals surface area contributed by atoms with Crippen LogP contribution < -0.4 is 13.8 Å². The van der Waals surface area contributed by atoms with E-state index in [1.807, 2.05) is 56.3 Å². The highest BCUT2D eigenvalue weighted by molar-refractivity contribution is 7.92. The SMILES string of the molecule is CCOc1ccc(CN(CC)C(=O)c2cccc(S(=O)(=O)N3CCc4ccccc43)c2)cc1OC. The topological polar surface area (TPSA) is 76.2 Å². The summed E-state index contributed by atoms with van der Waals surface area (Å²) >= 11 is 0. The van der Waals surface area contributed by atoms with Crippen molar-refractivity contribution in [3.8, 4) is 11.5 Å². The van der Waals surface area contributed by atoms with Crippen LogP contribution in [-0.2, 0) is 23.0 Å². The fraction of sp³-hybridized carbons (Fsp3) is 0.296. The molecule has 0 atom stereocenters. The quantitative estimate of drug-likeness (QED) is 0.438. The van der Waals surface area contributed by atoms with E-state index in [0.717, 1.165) is 11.1 Å². The molecule has 3 aromatic rings. The normalized spacial score (nSPS) is 12.8. The molecule has 0 fully saturated rings. The number of anilines is 1. The first kappa shape index (κ1) is 24.6. The molecule has 4 rings (SSSR count). The predicted octanol–water partition coefficient (Wildman–Crippen LogP) is 4.51. The molecule has 0 radical (unpaired) electrons. The highest BCUT2D eigenvalue weighted by atomic mass is 32.2. The zero-order chi connectivity index (χ0) is 25.0. The Bertz CT molecular complexity index is 1320. The number of hydrogen-bond acceptors (Lipinski definition) is 5. The molecule has 7 nitrogen and oxygen atoms in total. The summed E-state index contributed by atoms with van der Waals surface area (Å²) in [5.41, 5.74) is 2.92. The lowest BCUT2D eigenvalue weighted by atomic mass is 10.1. The molecule has 0 spiro atoms. The van der Waals surface area contributed by atoms with Gasteiger partial charge < -0.3 is 14.4 Å². The number of carbonyl (C=O) groups is 1. The molecule has 35 heavy (non-hydrogen) atoms. The Balaban J connectivity index is 1.57. The number of carbonyl (C=O) groups excluding carboxylic acids is 1. The number of benzene rings is 3. The van der Waals surface area contributed by atoms with Gasteiger partial charge in [-0.2, -0.15) is 0 Å². The lowest BCUT2D eigenvalue weighted by Crippen LogP contribution is -2.31. The molecule has 8 heteroatoms. The van der Waals surface area contributed by atoms with Crippen LogP contribution >= 0.6 is 0 Å². The fourth-order valence-corrected chi connectivity index (χ4v) is 5.84. The number of para-hydroxylation sites is 1. The van der Waals surface area contributed by atoms with E-state index in [0.29, 0.717) is 55.4 Å². The largest absolute Gasteiger partial charge is 0.493 e. The lowest BCUT2D eigenvalue weighted by molar-refractivity contribution is 0.0752. The maximum Gasteiger partial charge on any atom is 0.264 e. The van der Waals surface area contributed by atoms with Crippen molar-refractivity contribution < 1.29 is 22.7 Å². The minimum Gasteiger partial charge on any atom is -0.493 e. The third kappa shape index (κ3) is 4.98. The van der Waals surface area contributed by atoms with Gasteiger partial charge in [-0.1, -0.05) is 30.3 Å². The molecule has 1 heterocycles. The number of fused-ring (bicyclic) bond motifs is 1. The van der Waals surface area contributed by atoms with Crippen LogP contribution in [0.3, 0.4) is 0 Å². The second kappa shape index (κ2) is 10.4. The summed E-state index contributed by atoms with van der Waals surface area (Å²) in [5, 5.41) is 0. The van der Waals surface area contributed by atoms with E-state index in [2.05, 4.69) is 0 Å². The highest BCUT2D eigenvalue weighted by Crippen LogP contribution is 2.33. The van der Waals surface area contributed by atoms with Crippen molar-refractivity contribution in [3.05, 3.63) is 83.4 Å². The molecule has 0 aromatic heterocycles. The maximum atomic E-state index is 13.4. The molecule has 1 aliphatic heterocycles. The Morgan fingerprint density at radius 3 is 2.54 bits per heavy atom. The first-order chi connectivity index (χ1) is 16.9. The Labute approximate surface area is 206 Å². The van der Waals surface area contributed by atoms with Crippen molar-refractivity contribution in [2.45, 2.75) is 31.7 Å². The number of amides is 1. The zero-order valence-electron chi connectivity index (χ0n) is 20.2. The van der Waals surface area contributed by atoms with Crippen LogP contribution in [0, 0.1) is 0 Å². The Morgan fingerprint density at radius 2 is 1.80 bits per heavy atom. The third-order valence-corrected chi connectivity index (χ3v) is 7.89. The van der Waals surface area contributed by atoms with Gasteiger partial charge >= 0.3 is 0 Å². The van der Waals surface area contributed by atoms with E-state index in [-0.39, 0.29) is 10.8 Å². The van der Waals surface area contributed by atoms with Crippen molar-refractivity contribution >= 4 is 21.6 Å². The van der Waals surface area contributed by atoms with Crippen molar-refractivity contribution in [2.24, 2.45) is 0 Å². The van der Waals surface area contributed by atoms with E-state index in [9.17, 15) is 13.2 Å². The fourth-order valence-electron chi connectivity index (χ4n) is 4.29. The molecule has 0 unspecified atom stereocenters. The Morgan fingerprint density at radius 1 is 1.00 bits per heavy atom. The van der Waals surface area contributed by atoms with Crippen LogP contribution in [-0.4, -0.2) is 46.0 Å². The average Bonchev–Trinajstić information content (AvgIpc) is 3.33. The molecule has 0 aliphatic carbocycles. The first-order valence-corrected chi connectivity index (χ1v) is 13.1. The maximum absolute atomic E-state index is 13.4. The zero-order valence-corrected chi connectivity index (χ0v) is 21.0. The number of rotatable bonds is 9. The number of sulfonamides is 1. The molecule has 0 N–H and O–H groups in total. The molecule has 184 valence electrons. The predicted molar refractivity (Wildman–Crippen MR) is 136 cm³/mol. The van der Waals surface area contributed by atoms with Gasteiger partial charge in [0.15, 0.2) is 11.5 Å². The van der Waals surface area contributed by atoms with E-state index in [1.54, 1.807) is 30.2 Å². The number of methoxy groups -OCH3 is 1. The molecule has 0 bridgehead atoms. The molecule has 1 amide bonds. The van der Waals surface area contributed by atoms with Gasteiger partial charge in [0.05, 0.1) is 24.3 Å². The standard InChI is InChI=1S/C27H30N2O5S/c1-4-28(19-20-13-14-25(34-5-2)26(17-20)33-3)27(30)22-10-8-11-23(18-22)35(31,32)29-16-15-21-9-6-7-12-24(21)29/h6-14,17-18H,4-5,15-16,19H2,1-3H3. The van der Waals surface area contributed by atoms with Gasteiger partial charge in [0, 0.05) is 25.2 Å². The minimum absolute atomic E-state index is 0.110.